The molecule has 0 bridgehead atoms. The van der Waals surface area contributed by atoms with Crippen molar-refractivity contribution in [1.29, 1.82) is 0 Å². The molecule has 2 aromatic carbocycles. The first-order valence-electron chi connectivity index (χ1n) is 9.50. The lowest BCUT2D eigenvalue weighted by Crippen LogP contribution is -2.25. The fourth-order valence-corrected chi connectivity index (χ4v) is 4.37. The van der Waals surface area contributed by atoms with Crippen LogP contribution in [0.3, 0.4) is 0 Å². The number of carbonyl (C=O) groups excluding carboxylic acids is 1. The van der Waals surface area contributed by atoms with Gasteiger partial charge in [-0.3, -0.25) is 14.2 Å². The Hall–Kier alpha value is -2.55. The summed E-state index contributed by atoms with van der Waals surface area (Å²) in [5.74, 6) is -0.438. The highest BCUT2D eigenvalue weighted by atomic mass is 35.5. The molecule has 0 unspecified atom stereocenters. The van der Waals surface area contributed by atoms with Gasteiger partial charge in [0, 0.05) is 24.8 Å². The predicted molar refractivity (Wildman–Crippen MR) is 122 cm³/mol. The first-order chi connectivity index (χ1) is 14.7. The van der Waals surface area contributed by atoms with Crippen molar-refractivity contribution in [1.82, 2.24) is 15.1 Å². The maximum absolute atomic E-state index is 12.8. The van der Waals surface area contributed by atoms with Crippen LogP contribution >= 0.6 is 23.2 Å². The second-order valence-electron chi connectivity index (χ2n) is 7.09. The number of anilines is 1. The van der Waals surface area contributed by atoms with Gasteiger partial charge in [-0.1, -0.05) is 29.3 Å². The monoisotopic (exact) mass is 480 g/mol. The number of aryl methyl sites for hydroxylation is 3. The van der Waals surface area contributed by atoms with E-state index in [1.54, 1.807) is 23.0 Å². The fraction of sp³-hybridized carbons (Fsp3) is 0.238. The summed E-state index contributed by atoms with van der Waals surface area (Å²) in [4.78, 5) is 12.5. The number of sulfonamides is 1. The molecule has 10 heteroatoms. The molecule has 0 aliphatic heterocycles. The number of nitrogens with one attached hydrogen (secondary N) is 2. The summed E-state index contributed by atoms with van der Waals surface area (Å²) in [6.45, 7) is 2.24. The van der Waals surface area contributed by atoms with Crippen molar-refractivity contribution >= 4 is 44.8 Å². The summed E-state index contributed by atoms with van der Waals surface area (Å²) in [7, 11) is -2.09. The molecule has 3 aromatic rings. The summed E-state index contributed by atoms with van der Waals surface area (Å²) in [6, 6.07) is 8.86. The molecule has 3 rings (SSSR count). The number of halogens is 2. The third-order valence-electron chi connectivity index (χ3n) is 4.60. The van der Waals surface area contributed by atoms with E-state index in [2.05, 4.69) is 15.1 Å². The summed E-state index contributed by atoms with van der Waals surface area (Å²) in [5.41, 5.74) is 2.32. The molecule has 1 heterocycles. The van der Waals surface area contributed by atoms with Gasteiger partial charge in [0.1, 0.15) is 0 Å². The van der Waals surface area contributed by atoms with Crippen LogP contribution in [0.5, 0.6) is 0 Å². The molecule has 0 radical (unpaired) electrons. The van der Waals surface area contributed by atoms with E-state index in [9.17, 15) is 13.2 Å². The van der Waals surface area contributed by atoms with Gasteiger partial charge in [-0.15, -0.1) is 0 Å². The van der Waals surface area contributed by atoms with Crippen molar-refractivity contribution in [2.75, 3.05) is 11.3 Å². The Bertz CT molecular complexity index is 1210. The van der Waals surface area contributed by atoms with E-state index in [0.29, 0.717) is 23.7 Å². The highest BCUT2D eigenvalue weighted by molar-refractivity contribution is 7.92. The van der Waals surface area contributed by atoms with Crippen LogP contribution in [0, 0.1) is 6.92 Å². The van der Waals surface area contributed by atoms with Gasteiger partial charge in [-0.2, -0.15) is 5.10 Å². The van der Waals surface area contributed by atoms with Crippen molar-refractivity contribution in [3.63, 3.8) is 0 Å². The van der Waals surface area contributed by atoms with Crippen LogP contribution in [-0.4, -0.2) is 30.7 Å². The van der Waals surface area contributed by atoms with E-state index in [1.165, 1.54) is 24.3 Å². The van der Waals surface area contributed by atoms with Crippen LogP contribution in [0.4, 0.5) is 5.69 Å². The highest BCUT2D eigenvalue weighted by Gasteiger charge is 2.19. The minimum absolute atomic E-state index is 0.0749. The lowest BCUT2D eigenvalue weighted by molar-refractivity contribution is 0.0953. The first-order valence-corrected chi connectivity index (χ1v) is 11.7. The van der Waals surface area contributed by atoms with Crippen LogP contribution in [0.25, 0.3) is 0 Å². The molecule has 164 valence electrons. The van der Waals surface area contributed by atoms with E-state index in [4.69, 9.17) is 23.2 Å². The van der Waals surface area contributed by atoms with Crippen molar-refractivity contribution in [3.8, 4) is 0 Å². The predicted octanol–water partition coefficient (Wildman–Crippen LogP) is 4.20. The van der Waals surface area contributed by atoms with Gasteiger partial charge < -0.3 is 5.32 Å². The minimum Gasteiger partial charge on any atom is -0.352 e. The number of hydrogen-bond acceptors (Lipinski definition) is 4. The minimum atomic E-state index is -3.93. The molecule has 0 fully saturated rings. The second-order valence-corrected chi connectivity index (χ2v) is 9.59. The Morgan fingerprint density at radius 2 is 1.90 bits per heavy atom. The standard InChI is InChI=1S/C21H22Cl2N4O3S/c1-14-5-6-16(10-20(14)23)26-31(29,30)17-7-8-19(22)18(11-17)21(28)24-9-3-4-15-12-25-27(2)13-15/h5-8,10-13,26H,3-4,9H2,1-2H3,(H,24,28). The number of aromatic nitrogens is 2. The molecule has 0 saturated heterocycles. The van der Waals surface area contributed by atoms with Crippen LogP contribution < -0.4 is 10.0 Å². The fourth-order valence-electron chi connectivity index (χ4n) is 2.91. The lowest BCUT2D eigenvalue weighted by atomic mass is 10.2. The maximum Gasteiger partial charge on any atom is 0.261 e. The smallest absolute Gasteiger partial charge is 0.261 e. The number of carbonyl (C=O) groups is 1. The quantitative estimate of drug-likeness (QED) is 0.472. The topological polar surface area (TPSA) is 93.1 Å². The van der Waals surface area contributed by atoms with Crippen LogP contribution in [0.2, 0.25) is 10.0 Å². The van der Waals surface area contributed by atoms with Gasteiger partial charge in [0.25, 0.3) is 15.9 Å². The number of rotatable bonds is 8. The van der Waals surface area contributed by atoms with E-state index in [1.807, 2.05) is 20.2 Å². The van der Waals surface area contributed by atoms with Crippen molar-refractivity contribution in [2.24, 2.45) is 7.05 Å². The second kappa shape index (κ2) is 9.72. The van der Waals surface area contributed by atoms with Gasteiger partial charge in [0.15, 0.2) is 0 Å². The Morgan fingerprint density at radius 3 is 2.58 bits per heavy atom. The lowest BCUT2D eigenvalue weighted by Gasteiger charge is -2.12. The molecular formula is C21H22Cl2N4O3S. The van der Waals surface area contributed by atoms with Gasteiger partial charge >= 0.3 is 0 Å². The molecule has 0 saturated carbocycles. The van der Waals surface area contributed by atoms with Gasteiger partial charge in [0.05, 0.1) is 27.4 Å². The zero-order valence-corrected chi connectivity index (χ0v) is 19.4. The number of hydrogen-bond donors (Lipinski definition) is 2. The third-order valence-corrected chi connectivity index (χ3v) is 6.72. The summed E-state index contributed by atoms with van der Waals surface area (Å²) < 4.78 is 29.7. The molecule has 0 atom stereocenters. The average Bonchev–Trinajstić information content (AvgIpc) is 3.13. The largest absolute Gasteiger partial charge is 0.352 e. The first kappa shape index (κ1) is 23.1. The Balaban J connectivity index is 1.67. The Kier molecular flexibility index (Phi) is 7.25. The number of nitrogens with zero attached hydrogens (tertiary/aromatic N) is 2. The van der Waals surface area contributed by atoms with Crippen molar-refractivity contribution < 1.29 is 13.2 Å². The van der Waals surface area contributed by atoms with Gasteiger partial charge in [-0.25, -0.2) is 8.42 Å². The van der Waals surface area contributed by atoms with Crippen molar-refractivity contribution in [3.05, 3.63) is 75.5 Å². The van der Waals surface area contributed by atoms with Crippen LogP contribution in [0.1, 0.15) is 27.9 Å². The molecule has 1 aromatic heterocycles. The average molecular weight is 481 g/mol. The molecule has 0 spiro atoms. The highest BCUT2D eigenvalue weighted by Crippen LogP contribution is 2.25. The zero-order chi connectivity index (χ0) is 22.6. The number of amides is 1. The molecule has 2 N–H and O–H groups in total. The normalized spacial score (nSPS) is 11.4. The summed E-state index contributed by atoms with van der Waals surface area (Å²) >= 11 is 12.2. The SMILES string of the molecule is Cc1ccc(NS(=O)(=O)c2ccc(Cl)c(C(=O)NCCCc3cnn(C)c3)c2)cc1Cl. The molecule has 1 amide bonds. The van der Waals surface area contributed by atoms with E-state index < -0.39 is 15.9 Å². The summed E-state index contributed by atoms with van der Waals surface area (Å²) in [5, 5.41) is 7.49. The van der Waals surface area contributed by atoms with Gasteiger partial charge in [0.2, 0.25) is 0 Å². The zero-order valence-electron chi connectivity index (χ0n) is 17.0. The Morgan fingerprint density at radius 1 is 1.13 bits per heavy atom. The number of benzene rings is 2. The molecule has 0 aliphatic carbocycles. The maximum atomic E-state index is 12.8. The molecule has 7 nitrogen and oxygen atoms in total. The molecular weight excluding hydrogens is 459 g/mol. The molecule has 0 aliphatic rings. The summed E-state index contributed by atoms with van der Waals surface area (Å²) in [6.07, 6.45) is 5.17. The van der Waals surface area contributed by atoms with Crippen molar-refractivity contribution in [2.45, 2.75) is 24.7 Å². The van der Waals surface area contributed by atoms with Crippen LogP contribution in [-0.2, 0) is 23.5 Å². The van der Waals surface area contributed by atoms with E-state index >= 15 is 0 Å². The van der Waals surface area contributed by atoms with E-state index in [-0.39, 0.29) is 15.5 Å². The van der Waals surface area contributed by atoms with Gasteiger partial charge in [-0.05, 0) is 61.2 Å². The van der Waals surface area contributed by atoms with Crippen LogP contribution in [0.15, 0.2) is 53.7 Å². The molecule has 31 heavy (non-hydrogen) atoms. The Labute approximate surface area is 191 Å². The third kappa shape index (κ3) is 6.00. The van der Waals surface area contributed by atoms with E-state index in [0.717, 1.165) is 17.5 Å².